The lowest BCUT2D eigenvalue weighted by Gasteiger charge is -2.25. The number of ether oxygens (including phenoxy) is 2. The van der Waals surface area contributed by atoms with Gasteiger partial charge in [-0.25, -0.2) is 0 Å². The Morgan fingerprint density at radius 3 is 2.43 bits per heavy atom. The van der Waals surface area contributed by atoms with Crippen molar-refractivity contribution in [3.05, 3.63) is 58.9 Å². The monoisotopic (exact) mass is 429 g/mol. The van der Waals surface area contributed by atoms with Crippen molar-refractivity contribution in [3.8, 4) is 22.9 Å². The summed E-state index contributed by atoms with van der Waals surface area (Å²) < 4.78 is 16.0. The molecule has 3 aromatic rings. The molecule has 0 aliphatic rings. The molecule has 0 aliphatic carbocycles. The van der Waals surface area contributed by atoms with Gasteiger partial charge in [-0.05, 0) is 49.7 Å². The van der Waals surface area contributed by atoms with E-state index < -0.39 is 0 Å². The third-order valence-corrected chi connectivity index (χ3v) is 4.88. The fourth-order valence-corrected chi connectivity index (χ4v) is 3.12. The number of halogens is 1. The fraction of sp³-hybridized carbons (Fsp3) is 0.318. The number of nitrogens with zero attached hydrogens (tertiary/aromatic N) is 3. The Morgan fingerprint density at radius 1 is 1.10 bits per heavy atom. The SMILES string of the molecule is COc1ccc(-c2noc(CN(C(=O)Cc3ccc(Cl)cc3)C(C)C)n2)cc1OC. The maximum absolute atomic E-state index is 12.8. The Hall–Kier alpha value is -3.06. The summed E-state index contributed by atoms with van der Waals surface area (Å²) in [4.78, 5) is 19.0. The zero-order valence-electron chi connectivity index (χ0n) is 17.4. The lowest BCUT2D eigenvalue weighted by atomic mass is 10.1. The van der Waals surface area contributed by atoms with Gasteiger partial charge in [0.05, 0.1) is 20.6 Å². The zero-order chi connectivity index (χ0) is 21.7. The molecule has 0 saturated carbocycles. The van der Waals surface area contributed by atoms with Crippen LogP contribution in [0.15, 0.2) is 47.0 Å². The highest BCUT2D eigenvalue weighted by Gasteiger charge is 2.21. The number of carbonyl (C=O) groups is 1. The van der Waals surface area contributed by atoms with Crippen LogP contribution >= 0.6 is 11.6 Å². The third kappa shape index (κ3) is 5.10. The van der Waals surface area contributed by atoms with E-state index in [-0.39, 0.29) is 24.9 Å². The van der Waals surface area contributed by atoms with Crippen molar-refractivity contribution in [1.29, 1.82) is 0 Å². The topological polar surface area (TPSA) is 77.7 Å². The van der Waals surface area contributed by atoms with Gasteiger partial charge in [0.25, 0.3) is 0 Å². The van der Waals surface area contributed by atoms with Gasteiger partial charge >= 0.3 is 0 Å². The smallest absolute Gasteiger partial charge is 0.246 e. The number of benzene rings is 2. The van der Waals surface area contributed by atoms with Gasteiger partial charge in [-0.1, -0.05) is 28.9 Å². The van der Waals surface area contributed by atoms with Crippen LogP contribution in [-0.4, -0.2) is 41.2 Å². The van der Waals surface area contributed by atoms with E-state index in [1.807, 2.05) is 32.0 Å². The normalized spacial score (nSPS) is 10.9. The summed E-state index contributed by atoms with van der Waals surface area (Å²) in [5.41, 5.74) is 1.62. The Balaban J connectivity index is 1.75. The first-order valence-electron chi connectivity index (χ1n) is 9.50. The predicted molar refractivity (Wildman–Crippen MR) is 114 cm³/mol. The van der Waals surface area contributed by atoms with Crippen molar-refractivity contribution < 1.29 is 18.8 Å². The van der Waals surface area contributed by atoms with Crippen LogP contribution in [0.25, 0.3) is 11.4 Å². The second-order valence-corrected chi connectivity index (χ2v) is 7.44. The zero-order valence-corrected chi connectivity index (χ0v) is 18.1. The lowest BCUT2D eigenvalue weighted by molar-refractivity contribution is -0.133. The van der Waals surface area contributed by atoms with Crippen molar-refractivity contribution in [2.45, 2.75) is 32.9 Å². The van der Waals surface area contributed by atoms with Crippen LogP contribution in [-0.2, 0) is 17.8 Å². The van der Waals surface area contributed by atoms with E-state index in [4.69, 9.17) is 25.6 Å². The van der Waals surface area contributed by atoms with Gasteiger partial charge in [-0.2, -0.15) is 4.98 Å². The molecular weight excluding hydrogens is 406 g/mol. The van der Waals surface area contributed by atoms with E-state index in [2.05, 4.69) is 10.1 Å². The average Bonchev–Trinajstić information content (AvgIpc) is 3.21. The molecule has 0 bridgehead atoms. The van der Waals surface area contributed by atoms with Gasteiger partial charge in [0.1, 0.15) is 6.54 Å². The Labute approximate surface area is 180 Å². The minimum atomic E-state index is -0.0295. The Kier molecular flexibility index (Phi) is 6.95. The molecule has 0 radical (unpaired) electrons. The van der Waals surface area contributed by atoms with Crippen LogP contribution in [0, 0.1) is 0 Å². The van der Waals surface area contributed by atoms with E-state index in [0.29, 0.717) is 28.2 Å². The molecular formula is C22H24ClN3O4. The van der Waals surface area contributed by atoms with Crippen LogP contribution in [0.4, 0.5) is 0 Å². The average molecular weight is 430 g/mol. The minimum absolute atomic E-state index is 0.0266. The van der Waals surface area contributed by atoms with Gasteiger partial charge in [0.15, 0.2) is 11.5 Å². The van der Waals surface area contributed by atoms with Crippen LogP contribution in [0.2, 0.25) is 5.02 Å². The summed E-state index contributed by atoms with van der Waals surface area (Å²) >= 11 is 5.92. The molecule has 3 rings (SSSR count). The minimum Gasteiger partial charge on any atom is -0.493 e. The Morgan fingerprint density at radius 2 is 1.80 bits per heavy atom. The first kappa shape index (κ1) is 21.6. The maximum Gasteiger partial charge on any atom is 0.246 e. The van der Waals surface area contributed by atoms with Crippen molar-refractivity contribution in [2.24, 2.45) is 0 Å². The van der Waals surface area contributed by atoms with Gasteiger partial charge in [0, 0.05) is 16.6 Å². The quantitative estimate of drug-likeness (QED) is 0.528. The van der Waals surface area contributed by atoms with Crippen LogP contribution < -0.4 is 9.47 Å². The molecule has 1 aromatic heterocycles. The summed E-state index contributed by atoms with van der Waals surface area (Å²) in [5.74, 6) is 1.93. The molecule has 8 heteroatoms. The van der Waals surface area contributed by atoms with Crippen molar-refractivity contribution >= 4 is 17.5 Å². The van der Waals surface area contributed by atoms with Crippen molar-refractivity contribution in [3.63, 3.8) is 0 Å². The molecule has 0 atom stereocenters. The number of hydrogen-bond acceptors (Lipinski definition) is 6. The highest BCUT2D eigenvalue weighted by atomic mass is 35.5. The van der Waals surface area contributed by atoms with Crippen molar-refractivity contribution in [1.82, 2.24) is 15.0 Å². The fourth-order valence-electron chi connectivity index (χ4n) is 2.99. The first-order valence-corrected chi connectivity index (χ1v) is 9.88. The summed E-state index contributed by atoms with van der Waals surface area (Å²) in [6, 6.07) is 12.6. The highest BCUT2D eigenvalue weighted by molar-refractivity contribution is 6.30. The second-order valence-electron chi connectivity index (χ2n) is 7.00. The second kappa shape index (κ2) is 9.63. The molecule has 1 heterocycles. The largest absolute Gasteiger partial charge is 0.493 e. The molecule has 0 spiro atoms. The molecule has 158 valence electrons. The molecule has 0 aliphatic heterocycles. The number of methoxy groups -OCH3 is 2. The number of hydrogen-bond donors (Lipinski definition) is 0. The van der Waals surface area contributed by atoms with E-state index >= 15 is 0 Å². The van der Waals surface area contributed by atoms with Gasteiger partial charge in [0.2, 0.25) is 17.6 Å². The van der Waals surface area contributed by atoms with E-state index in [0.717, 1.165) is 11.1 Å². The molecule has 0 unspecified atom stereocenters. The van der Waals surface area contributed by atoms with Gasteiger partial charge in [-0.3, -0.25) is 4.79 Å². The third-order valence-electron chi connectivity index (χ3n) is 4.63. The molecule has 0 saturated heterocycles. The number of carbonyl (C=O) groups excluding carboxylic acids is 1. The molecule has 2 aromatic carbocycles. The van der Waals surface area contributed by atoms with E-state index in [9.17, 15) is 4.79 Å². The molecule has 1 amide bonds. The molecule has 0 fully saturated rings. The van der Waals surface area contributed by atoms with Crippen molar-refractivity contribution in [2.75, 3.05) is 14.2 Å². The van der Waals surface area contributed by atoms with Crippen LogP contribution in [0.1, 0.15) is 25.3 Å². The van der Waals surface area contributed by atoms with E-state index in [1.54, 1.807) is 43.4 Å². The molecule has 30 heavy (non-hydrogen) atoms. The van der Waals surface area contributed by atoms with Crippen LogP contribution in [0.5, 0.6) is 11.5 Å². The van der Waals surface area contributed by atoms with Crippen LogP contribution in [0.3, 0.4) is 0 Å². The summed E-state index contributed by atoms with van der Waals surface area (Å²) in [5, 5.41) is 4.69. The summed E-state index contributed by atoms with van der Waals surface area (Å²) in [6.45, 7) is 4.13. The number of aromatic nitrogens is 2. The Bertz CT molecular complexity index is 1000. The maximum atomic E-state index is 12.8. The highest BCUT2D eigenvalue weighted by Crippen LogP contribution is 2.31. The van der Waals surface area contributed by atoms with Gasteiger partial charge in [-0.15, -0.1) is 0 Å². The predicted octanol–water partition coefficient (Wildman–Crippen LogP) is 4.39. The summed E-state index contributed by atoms with van der Waals surface area (Å²) in [6.07, 6.45) is 0.270. The standard InChI is InChI=1S/C22H24ClN3O4/c1-14(2)26(21(27)11-15-5-8-17(23)9-6-15)13-20-24-22(25-30-20)16-7-10-18(28-3)19(12-16)29-4/h5-10,12,14H,11,13H2,1-4H3. The van der Waals surface area contributed by atoms with E-state index in [1.165, 1.54) is 0 Å². The number of rotatable bonds is 8. The molecule has 7 nitrogen and oxygen atoms in total. The first-order chi connectivity index (χ1) is 14.4. The van der Waals surface area contributed by atoms with Gasteiger partial charge < -0.3 is 18.9 Å². The lowest BCUT2D eigenvalue weighted by Crippen LogP contribution is -2.37. The number of amides is 1. The summed E-state index contributed by atoms with van der Waals surface area (Å²) in [7, 11) is 3.14. The molecule has 0 N–H and O–H groups in total.